The van der Waals surface area contributed by atoms with E-state index in [1.165, 1.54) is 6.42 Å². The molecule has 0 aliphatic carbocycles. The number of esters is 1. The van der Waals surface area contributed by atoms with Crippen LogP contribution in [0.15, 0.2) is 0 Å². The fraction of sp³-hybridized carbons (Fsp3) is 0.909. The Balaban J connectivity index is 0.00000225. The zero-order valence-corrected chi connectivity index (χ0v) is 11.2. The summed E-state index contributed by atoms with van der Waals surface area (Å²) in [5.41, 5.74) is 0.307. The highest BCUT2D eigenvalue weighted by Gasteiger charge is 2.30. The minimum Gasteiger partial charge on any atom is -0.465 e. The molecule has 0 amide bonds. The third-order valence-corrected chi connectivity index (χ3v) is 2.81. The smallest absolute Gasteiger partial charge is 0.320 e. The average molecular weight is 251 g/mol. The first-order valence-electron chi connectivity index (χ1n) is 5.61. The lowest BCUT2D eigenvalue weighted by molar-refractivity contribution is -0.144. The van der Waals surface area contributed by atoms with E-state index in [1.807, 2.05) is 18.9 Å². The topological polar surface area (TPSA) is 41.6 Å². The van der Waals surface area contributed by atoms with Gasteiger partial charge in [0.1, 0.15) is 0 Å². The molecule has 4 nitrogen and oxygen atoms in total. The summed E-state index contributed by atoms with van der Waals surface area (Å²) in [4.78, 5) is 13.3. The van der Waals surface area contributed by atoms with Crippen molar-refractivity contribution in [3.8, 4) is 0 Å². The summed E-state index contributed by atoms with van der Waals surface area (Å²) in [6.07, 6.45) is 1.18. The van der Waals surface area contributed by atoms with E-state index in [1.54, 1.807) is 0 Å². The maximum atomic E-state index is 11.3. The SMILES string of the molecule is CCOC(=O)CN(C)CC1(C)CCNC1.Cl. The van der Waals surface area contributed by atoms with Crippen molar-refractivity contribution in [3.05, 3.63) is 0 Å². The van der Waals surface area contributed by atoms with Crippen molar-refractivity contribution in [2.75, 3.05) is 39.8 Å². The Bertz CT molecular complexity index is 218. The molecule has 1 aliphatic heterocycles. The number of likely N-dealkylation sites (N-methyl/N-ethyl adjacent to an activating group) is 1. The molecule has 0 bridgehead atoms. The minimum atomic E-state index is -0.130. The van der Waals surface area contributed by atoms with Crippen molar-refractivity contribution < 1.29 is 9.53 Å². The van der Waals surface area contributed by atoms with Gasteiger partial charge in [0.25, 0.3) is 0 Å². The molecular weight excluding hydrogens is 228 g/mol. The van der Waals surface area contributed by atoms with Crippen LogP contribution in [0.1, 0.15) is 20.3 Å². The van der Waals surface area contributed by atoms with Gasteiger partial charge in [-0.25, -0.2) is 0 Å². The molecule has 16 heavy (non-hydrogen) atoms. The molecule has 1 unspecified atom stereocenters. The first-order valence-corrected chi connectivity index (χ1v) is 5.61. The normalized spacial score (nSPS) is 24.2. The third-order valence-electron chi connectivity index (χ3n) is 2.81. The molecule has 0 spiro atoms. The van der Waals surface area contributed by atoms with Gasteiger partial charge in [0.2, 0.25) is 0 Å². The molecule has 0 saturated carbocycles. The van der Waals surface area contributed by atoms with Crippen LogP contribution in [0.25, 0.3) is 0 Å². The van der Waals surface area contributed by atoms with Gasteiger partial charge >= 0.3 is 5.97 Å². The van der Waals surface area contributed by atoms with Crippen LogP contribution in [-0.4, -0.2) is 50.7 Å². The van der Waals surface area contributed by atoms with Crippen molar-refractivity contribution in [3.63, 3.8) is 0 Å². The van der Waals surface area contributed by atoms with Gasteiger partial charge in [0.15, 0.2) is 0 Å². The Morgan fingerprint density at radius 2 is 2.25 bits per heavy atom. The van der Waals surface area contributed by atoms with Crippen molar-refractivity contribution >= 4 is 18.4 Å². The lowest BCUT2D eigenvalue weighted by Gasteiger charge is -2.28. The maximum Gasteiger partial charge on any atom is 0.320 e. The summed E-state index contributed by atoms with van der Waals surface area (Å²) in [6, 6.07) is 0. The lowest BCUT2D eigenvalue weighted by Crippen LogP contribution is -2.38. The van der Waals surface area contributed by atoms with Crippen LogP contribution in [0.5, 0.6) is 0 Å². The van der Waals surface area contributed by atoms with E-state index in [9.17, 15) is 4.79 Å². The van der Waals surface area contributed by atoms with E-state index in [4.69, 9.17) is 4.74 Å². The van der Waals surface area contributed by atoms with Crippen LogP contribution in [0.2, 0.25) is 0 Å². The Labute approximate surface area is 104 Å². The first kappa shape index (κ1) is 15.7. The molecular formula is C11H23ClN2O2. The van der Waals surface area contributed by atoms with Gasteiger partial charge in [-0.15, -0.1) is 12.4 Å². The zero-order chi connectivity index (χ0) is 11.3. The quantitative estimate of drug-likeness (QED) is 0.737. The molecule has 1 atom stereocenters. The van der Waals surface area contributed by atoms with Crippen LogP contribution >= 0.6 is 12.4 Å². The monoisotopic (exact) mass is 250 g/mol. The molecule has 1 saturated heterocycles. The Hall–Kier alpha value is -0.320. The molecule has 0 aromatic carbocycles. The number of carbonyl (C=O) groups is 1. The molecule has 1 fully saturated rings. The van der Waals surface area contributed by atoms with Crippen molar-refractivity contribution in [2.24, 2.45) is 5.41 Å². The summed E-state index contributed by atoms with van der Waals surface area (Å²) < 4.78 is 4.91. The Kier molecular flexibility index (Phi) is 6.95. The van der Waals surface area contributed by atoms with Gasteiger partial charge in [0.05, 0.1) is 13.2 Å². The average Bonchev–Trinajstić information content (AvgIpc) is 2.51. The van der Waals surface area contributed by atoms with Crippen LogP contribution in [0.3, 0.4) is 0 Å². The number of rotatable bonds is 5. The fourth-order valence-electron chi connectivity index (χ4n) is 2.14. The summed E-state index contributed by atoms with van der Waals surface area (Å²) in [6.45, 7) is 8.02. The number of hydrogen-bond acceptors (Lipinski definition) is 4. The fourth-order valence-corrected chi connectivity index (χ4v) is 2.14. The standard InChI is InChI=1S/C11H22N2O2.ClH/c1-4-15-10(14)7-13(3)9-11(2)5-6-12-8-11;/h12H,4-9H2,1-3H3;1H. The Morgan fingerprint density at radius 3 is 2.75 bits per heavy atom. The number of carbonyl (C=O) groups excluding carboxylic acids is 1. The number of nitrogens with zero attached hydrogens (tertiary/aromatic N) is 1. The number of hydrogen-bond donors (Lipinski definition) is 1. The highest BCUT2D eigenvalue weighted by Crippen LogP contribution is 2.24. The van der Waals surface area contributed by atoms with E-state index < -0.39 is 0 Å². The van der Waals surface area contributed by atoms with E-state index in [2.05, 4.69) is 12.2 Å². The van der Waals surface area contributed by atoms with E-state index >= 15 is 0 Å². The second-order valence-electron chi connectivity index (χ2n) is 4.71. The summed E-state index contributed by atoms with van der Waals surface area (Å²) >= 11 is 0. The predicted octanol–water partition coefficient (Wildman–Crippen LogP) is 0.903. The van der Waals surface area contributed by atoms with Crippen LogP contribution in [0.4, 0.5) is 0 Å². The molecule has 1 rings (SSSR count). The molecule has 0 aromatic heterocycles. The van der Waals surface area contributed by atoms with E-state index in [0.29, 0.717) is 18.6 Å². The lowest BCUT2D eigenvalue weighted by atomic mass is 9.89. The maximum absolute atomic E-state index is 11.3. The van der Waals surface area contributed by atoms with Gasteiger partial charge in [-0.1, -0.05) is 6.92 Å². The van der Waals surface area contributed by atoms with Gasteiger partial charge in [-0.05, 0) is 32.4 Å². The Morgan fingerprint density at radius 1 is 1.56 bits per heavy atom. The van der Waals surface area contributed by atoms with Gasteiger partial charge in [-0.2, -0.15) is 0 Å². The first-order chi connectivity index (χ1) is 7.06. The molecule has 5 heteroatoms. The van der Waals surface area contributed by atoms with Crippen LogP contribution in [-0.2, 0) is 9.53 Å². The summed E-state index contributed by atoms with van der Waals surface area (Å²) in [7, 11) is 1.97. The molecule has 1 heterocycles. The molecule has 0 radical (unpaired) electrons. The minimum absolute atomic E-state index is 0. The summed E-state index contributed by atoms with van der Waals surface area (Å²) in [5, 5.41) is 3.35. The van der Waals surface area contributed by atoms with Gasteiger partial charge in [0, 0.05) is 13.1 Å². The molecule has 96 valence electrons. The predicted molar refractivity (Wildman–Crippen MR) is 67.0 cm³/mol. The zero-order valence-electron chi connectivity index (χ0n) is 10.4. The van der Waals surface area contributed by atoms with Gasteiger partial charge in [-0.3, -0.25) is 9.69 Å². The number of ether oxygens (including phenoxy) is 1. The van der Waals surface area contributed by atoms with Crippen molar-refractivity contribution in [1.82, 2.24) is 10.2 Å². The highest BCUT2D eigenvalue weighted by molar-refractivity contribution is 5.85. The number of halogens is 1. The van der Waals surface area contributed by atoms with Crippen molar-refractivity contribution in [2.45, 2.75) is 20.3 Å². The molecule has 1 aliphatic rings. The largest absolute Gasteiger partial charge is 0.465 e. The van der Waals surface area contributed by atoms with Crippen molar-refractivity contribution in [1.29, 1.82) is 0 Å². The van der Waals surface area contributed by atoms with E-state index in [-0.39, 0.29) is 18.4 Å². The third kappa shape index (κ3) is 5.14. The second-order valence-corrected chi connectivity index (χ2v) is 4.71. The molecule has 0 aromatic rings. The summed E-state index contributed by atoms with van der Waals surface area (Å²) in [5.74, 6) is -0.130. The van der Waals surface area contributed by atoms with Gasteiger partial charge < -0.3 is 10.1 Å². The second kappa shape index (κ2) is 7.09. The van der Waals surface area contributed by atoms with E-state index in [0.717, 1.165) is 19.6 Å². The van der Waals surface area contributed by atoms with Crippen LogP contribution in [0, 0.1) is 5.41 Å². The molecule has 1 N–H and O–H groups in total. The number of nitrogens with one attached hydrogen (secondary N) is 1. The highest BCUT2D eigenvalue weighted by atomic mass is 35.5. The van der Waals surface area contributed by atoms with Crippen LogP contribution < -0.4 is 5.32 Å².